The standard InChI is InChI=1S/C21H33N3O3.ClH/c1-15-8-5-6-10-19(15)16(2)22-21(27)17(3)24-12-7-9-18(11-13-24)23(4)14-20(25)26;/h5-6,8,10,16-18H,7,9,11-14H2,1-4H3,(H,22,27)(H,25,26);1H. The van der Waals surface area contributed by atoms with Gasteiger partial charge in [0.1, 0.15) is 0 Å². The zero-order valence-corrected chi connectivity index (χ0v) is 18.2. The molecule has 1 aliphatic rings. The first-order valence-corrected chi connectivity index (χ1v) is 9.81. The first-order chi connectivity index (χ1) is 12.8. The van der Waals surface area contributed by atoms with Crippen molar-refractivity contribution in [3.8, 4) is 0 Å². The molecule has 7 heteroatoms. The number of likely N-dealkylation sites (tertiary alicyclic amines) is 1. The molecule has 1 aliphatic heterocycles. The fourth-order valence-corrected chi connectivity index (χ4v) is 3.92. The van der Waals surface area contributed by atoms with Crippen molar-refractivity contribution >= 4 is 24.3 Å². The van der Waals surface area contributed by atoms with E-state index in [9.17, 15) is 9.59 Å². The lowest BCUT2D eigenvalue weighted by Gasteiger charge is -2.29. The molecule has 1 aromatic carbocycles. The normalized spacial score (nSPS) is 20.0. The number of aliphatic carboxylic acids is 1. The number of benzene rings is 1. The summed E-state index contributed by atoms with van der Waals surface area (Å²) in [7, 11) is 1.87. The Morgan fingerprint density at radius 1 is 1.25 bits per heavy atom. The lowest BCUT2D eigenvalue weighted by molar-refractivity contribution is -0.138. The molecular weight excluding hydrogens is 378 g/mol. The number of halogens is 1. The Morgan fingerprint density at radius 3 is 2.57 bits per heavy atom. The van der Waals surface area contributed by atoms with E-state index < -0.39 is 5.97 Å². The third-order valence-electron chi connectivity index (χ3n) is 5.68. The van der Waals surface area contributed by atoms with E-state index in [1.165, 1.54) is 5.56 Å². The largest absolute Gasteiger partial charge is 0.480 e. The van der Waals surface area contributed by atoms with Crippen molar-refractivity contribution in [3.05, 3.63) is 35.4 Å². The minimum Gasteiger partial charge on any atom is -0.480 e. The number of rotatable bonds is 7. The summed E-state index contributed by atoms with van der Waals surface area (Å²) >= 11 is 0. The van der Waals surface area contributed by atoms with Gasteiger partial charge in [0.05, 0.1) is 18.6 Å². The Labute approximate surface area is 174 Å². The highest BCUT2D eigenvalue weighted by Crippen LogP contribution is 2.19. The van der Waals surface area contributed by atoms with Gasteiger partial charge >= 0.3 is 5.97 Å². The topological polar surface area (TPSA) is 72.9 Å². The smallest absolute Gasteiger partial charge is 0.317 e. The van der Waals surface area contributed by atoms with Crippen LogP contribution in [0.4, 0.5) is 0 Å². The maximum Gasteiger partial charge on any atom is 0.317 e. The molecule has 3 unspecified atom stereocenters. The summed E-state index contributed by atoms with van der Waals surface area (Å²) in [5.74, 6) is -0.750. The van der Waals surface area contributed by atoms with Crippen LogP contribution in [0, 0.1) is 6.92 Å². The number of nitrogens with one attached hydrogen (secondary N) is 1. The molecule has 1 aromatic rings. The van der Waals surface area contributed by atoms with Crippen molar-refractivity contribution in [2.75, 3.05) is 26.7 Å². The second-order valence-electron chi connectivity index (χ2n) is 7.69. The van der Waals surface area contributed by atoms with E-state index in [0.717, 1.165) is 37.9 Å². The van der Waals surface area contributed by atoms with Gasteiger partial charge in [-0.05, 0) is 64.8 Å². The summed E-state index contributed by atoms with van der Waals surface area (Å²) in [6.07, 6.45) is 2.82. The quantitative estimate of drug-likeness (QED) is 0.721. The van der Waals surface area contributed by atoms with Crippen LogP contribution in [0.3, 0.4) is 0 Å². The highest BCUT2D eigenvalue weighted by atomic mass is 35.5. The Morgan fingerprint density at radius 2 is 1.93 bits per heavy atom. The molecule has 158 valence electrons. The molecule has 1 fully saturated rings. The fraction of sp³-hybridized carbons (Fsp3) is 0.619. The van der Waals surface area contributed by atoms with E-state index >= 15 is 0 Å². The average Bonchev–Trinajstić information content (AvgIpc) is 2.87. The molecular formula is C21H34ClN3O3. The molecule has 0 aliphatic carbocycles. The third kappa shape index (κ3) is 6.76. The molecule has 1 saturated heterocycles. The first-order valence-electron chi connectivity index (χ1n) is 9.81. The van der Waals surface area contributed by atoms with Crippen LogP contribution in [-0.4, -0.2) is 65.5 Å². The number of nitrogens with zero attached hydrogens (tertiary/aromatic N) is 2. The van der Waals surface area contributed by atoms with E-state index in [4.69, 9.17) is 5.11 Å². The highest BCUT2D eigenvalue weighted by Gasteiger charge is 2.27. The Balaban J connectivity index is 0.00000392. The van der Waals surface area contributed by atoms with Gasteiger partial charge in [0.15, 0.2) is 0 Å². The summed E-state index contributed by atoms with van der Waals surface area (Å²) < 4.78 is 0. The lowest BCUT2D eigenvalue weighted by Crippen LogP contribution is -2.46. The maximum absolute atomic E-state index is 12.8. The zero-order valence-electron chi connectivity index (χ0n) is 17.4. The van der Waals surface area contributed by atoms with Crippen LogP contribution >= 0.6 is 12.4 Å². The monoisotopic (exact) mass is 411 g/mol. The number of carbonyl (C=O) groups excluding carboxylic acids is 1. The summed E-state index contributed by atoms with van der Waals surface area (Å²) in [6, 6.07) is 8.15. The van der Waals surface area contributed by atoms with Gasteiger partial charge in [-0.25, -0.2) is 0 Å². The molecule has 0 aromatic heterocycles. The van der Waals surface area contributed by atoms with Gasteiger partial charge < -0.3 is 10.4 Å². The maximum atomic E-state index is 12.8. The summed E-state index contributed by atoms with van der Waals surface area (Å²) in [6.45, 7) is 7.78. The number of aryl methyl sites for hydroxylation is 1. The fourth-order valence-electron chi connectivity index (χ4n) is 3.92. The van der Waals surface area contributed by atoms with Crippen LogP contribution in [0.15, 0.2) is 24.3 Å². The van der Waals surface area contributed by atoms with E-state index in [-0.39, 0.29) is 43.0 Å². The predicted octanol–water partition coefficient (Wildman–Crippen LogP) is 2.85. The Hall–Kier alpha value is -1.63. The molecule has 2 N–H and O–H groups in total. The summed E-state index contributed by atoms with van der Waals surface area (Å²) in [5.41, 5.74) is 2.32. The molecule has 0 saturated carbocycles. The van der Waals surface area contributed by atoms with E-state index in [1.807, 2.05) is 37.9 Å². The first kappa shape index (κ1) is 24.4. The van der Waals surface area contributed by atoms with Crippen LogP contribution in [-0.2, 0) is 9.59 Å². The van der Waals surface area contributed by atoms with Crippen molar-refractivity contribution in [2.24, 2.45) is 0 Å². The van der Waals surface area contributed by atoms with Crippen LogP contribution in [0.2, 0.25) is 0 Å². The molecule has 6 nitrogen and oxygen atoms in total. The van der Waals surface area contributed by atoms with Gasteiger partial charge in [-0.2, -0.15) is 0 Å². The average molecular weight is 412 g/mol. The predicted molar refractivity (Wildman–Crippen MR) is 114 cm³/mol. The lowest BCUT2D eigenvalue weighted by atomic mass is 10.0. The zero-order chi connectivity index (χ0) is 20.0. The Kier molecular flexibility index (Phi) is 9.93. The summed E-state index contributed by atoms with van der Waals surface area (Å²) in [4.78, 5) is 27.8. The SMILES string of the molecule is Cc1ccccc1C(C)NC(=O)C(C)N1CCCC(N(C)CC(=O)O)CC1.Cl. The van der Waals surface area contributed by atoms with Crippen LogP contribution in [0.25, 0.3) is 0 Å². The molecule has 3 atom stereocenters. The summed E-state index contributed by atoms with van der Waals surface area (Å²) in [5, 5.41) is 12.1. The van der Waals surface area contributed by atoms with Gasteiger partial charge in [0, 0.05) is 12.6 Å². The van der Waals surface area contributed by atoms with Crippen molar-refractivity contribution in [3.63, 3.8) is 0 Å². The molecule has 0 radical (unpaired) electrons. The number of likely N-dealkylation sites (N-methyl/N-ethyl adjacent to an activating group) is 1. The minimum absolute atomic E-state index is 0. The molecule has 28 heavy (non-hydrogen) atoms. The van der Waals surface area contributed by atoms with E-state index in [0.29, 0.717) is 0 Å². The highest BCUT2D eigenvalue weighted by molar-refractivity contribution is 5.85. The van der Waals surface area contributed by atoms with Crippen LogP contribution in [0.5, 0.6) is 0 Å². The second kappa shape index (κ2) is 11.4. The van der Waals surface area contributed by atoms with Gasteiger partial charge in [0.25, 0.3) is 0 Å². The van der Waals surface area contributed by atoms with E-state index in [2.05, 4.69) is 29.3 Å². The van der Waals surface area contributed by atoms with Gasteiger partial charge in [-0.15, -0.1) is 12.4 Å². The van der Waals surface area contributed by atoms with Gasteiger partial charge in [-0.3, -0.25) is 19.4 Å². The molecule has 0 bridgehead atoms. The van der Waals surface area contributed by atoms with Crippen molar-refractivity contribution in [2.45, 2.75) is 58.2 Å². The number of hydrogen-bond acceptors (Lipinski definition) is 4. The van der Waals surface area contributed by atoms with Crippen molar-refractivity contribution in [1.29, 1.82) is 0 Å². The van der Waals surface area contributed by atoms with Crippen LogP contribution < -0.4 is 5.32 Å². The number of amides is 1. The number of carboxylic acids is 1. The number of hydrogen-bond donors (Lipinski definition) is 2. The van der Waals surface area contributed by atoms with E-state index in [1.54, 1.807) is 0 Å². The third-order valence-corrected chi connectivity index (χ3v) is 5.68. The van der Waals surface area contributed by atoms with Crippen molar-refractivity contribution in [1.82, 2.24) is 15.1 Å². The number of carbonyl (C=O) groups is 2. The Bertz CT molecular complexity index is 656. The van der Waals surface area contributed by atoms with Gasteiger partial charge in [-0.1, -0.05) is 24.3 Å². The van der Waals surface area contributed by atoms with Crippen molar-refractivity contribution < 1.29 is 14.7 Å². The second-order valence-corrected chi connectivity index (χ2v) is 7.69. The molecule has 2 rings (SSSR count). The van der Waals surface area contributed by atoms with Crippen LogP contribution in [0.1, 0.15) is 50.3 Å². The minimum atomic E-state index is -0.795. The molecule has 1 amide bonds. The molecule has 0 spiro atoms. The van der Waals surface area contributed by atoms with Gasteiger partial charge in [0.2, 0.25) is 5.91 Å². The molecule has 1 heterocycles. The number of carboxylic acid groups (broad SMARTS) is 1.